The maximum Gasteiger partial charge on any atom is 0.199 e. The number of aliphatic imine (C=N–C) groups is 1. The van der Waals surface area contributed by atoms with Crippen molar-refractivity contribution in [2.45, 2.75) is 6.54 Å². The highest BCUT2D eigenvalue weighted by Gasteiger charge is 2.22. The van der Waals surface area contributed by atoms with Crippen molar-refractivity contribution in [3.8, 4) is 11.9 Å². The summed E-state index contributed by atoms with van der Waals surface area (Å²) in [7, 11) is -2.90. The Morgan fingerprint density at radius 2 is 1.74 bits per heavy atom. The van der Waals surface area contributed by atoms with E-state index in [2.05, 4.69) is 16.0 Å². The molecule has 1 saturated heterocycles. The molecular formula is C27H24N4O3S. The van der Waals surface area contributed by atoms with Crippen LogP contribution in [-0.2, 0) is 16.4 Å². The first-order chi connectivity index (χ1) is 16.9. The van der Waals surface area contributed by atoms with Crippen molar-refractivity contribution in [2.75, 3.05) is 24.6 Å². The molecule has 2 N–H and O–H groups in total. The summed E-state index contributed by atoms with van der Waals surface area (Å²) in [4.78, 5) is 10.0. The molecule has 0 spiro atoms. The molecule has 0 bridgehead atoms. The second kappa shape index (κ2) is 9.37. The first kappa shape index (κ1) is 22.8. The van der Waals surface area contributed by atoms with E-state index in [-0.39, 0.29) is 17.4 Å². The Balaban J connectivity index is 1.50. The average molecular weight is 485 g/mol. The highest BCUT2D eigenvalue weighted by molar-refractivity contribution is 7.91. The van der Waals surface area contributed by atoms with Crippen LogP contribution in [0.15, 0.2) is 77.8 Å². The Morgan fingerprint density at radius 3 is 2.43 bits per heavy atom. The molecule has 0 amide bonds. The van der Waals surface area contributed by atoms with Gasteiger partial charge in [-0.1, -0.05) is 42.5 Å². The molecule has 0 aliphatic carbocycles. The molecule has 1 fully saturated rings. The van der Waals surface area contributed by atoms with Crippen LogP contribution in [0.4, 0.5) is 5.69 Å². The van der Waals surface area contributed by atoms with Crippen molar-refractivity contribution in [3.63, 3.8) is 0 Å². The quantitative estimate of drug-likeness (QED) is 0.414. The number of fused-ring (bicyclic) bond motifs is 1. The zero-order valence-electron chi connectivity index (χ0n) is 19.0. The molecule has 3 aromatic carbocycles. The minimum absolute atomic E-state index is 0.00522. The third-order valence-corrected chi connectivity index (χ3v) is 7.82. The Bertz CT molecular complexity index is 1540. The zero-order chi connectivity index (χ0) is 24.4. The zero-order valence-corrected chi connectivity index (χ0v) is 19.8. The number of H-pyrrole nitrogens is 1. The minimum atomic E-state index is -2.90. The number of nitriles is 1. The number of aromatic hydroxyl groups is 1. The van der Waals surface area contributed by atoms with E-state index in [4.69, 9.17) is 4.99 Å². The molecule has 0 unspecified atom stereocenters. The van der Waals surface area contributed by atoms with Gasteiger partial charge in [-0.05, 0) is 35.9 Å². The van der Waals surface area contributed by atoms with E-state index in [9.17, 15) is 18.8 Å². The van der Waals surface area contributed by atoms with E-state index in [1.165, 1.54) is 0 Å². The van der Waals surface area contributed by atoms with Crippen LogP contribution in [-0.4, -0.2) is 53.7 Å². The van der Waals surface area contributed by atoms with Crippen LogP contribution in [0.2, 0.25) is 0 Å². The number of nitrogens with zero attached hydrogens (tertiary/aromatic N) is 3. The Labute approximate surface area is 203 Å². The standard InChI is InChI=1S/C27H24N4O3S/c28-17-20-8-11-24-23(16-20)25(27(32)30-24)26(21-4-2-1-3-5-21)29-22-9-6-19(7-10-22)18-31-12-14-35(33,34)15-13-31/h1-11,16,30,32H,12-15,18H2. The van der Waals surface area contributed by atoms with E-state index in [1.54, 1.807) is 18.2 Å². The van der Waals surface area contributed by atoms with E-state index in [0.29, 0.717) is 36.5 Å². The Morgan fingerprint density at radius 1 is 1.03 bits per heavy atom. The first-order valence-corrected chi connectivity index (χ1v) is 13.1. The van der Waals surface area contributed by atoms with Crippen LogP contribution in [0.1, 0.15) is 22.3 Å². The summed E-state index contributed by atoms with van der Waals surface area (Å²) in [6, 6.07) is 24.8. The van der Waals surface area contributed by atoms with Gasteiger partial charge in [-0.2, -0.15) is 5.26 Å². The summed E-state index contributed by atoms with van der Waals surface area (Å²) in [5.41, 5.74) is 5.00. The number of rotatable bonds is 5. The molecule has 4 aromatic rings. The largest absolute Gasteiger partial charge is 0.494 e. The van der Waals surface area contributed by atoms with E-state index >= 15 is 0 Å². The lowest BCUT2D eigenvalue weighted by atomic mass is 10.00. The number of hydrogen-bond acceptors (Lipinski definition) is 6. The van der Waals surface area contributed by atoms with Gasteiger partial charge in [0.15, 0.2) is 15.7 Å². The van der Waals surface area contributed by atoms with E-state index in [1.807, 2.05) is 54.6 Å². The number of sulfone groups is 1. The first-order valence-electron chi connectivity index (χ1n) is 11.3. The molecule has 0 atom stereocenters. The van der Waals surface area contributed by atoms with Gasteiger partial charge in [0.2, 0.25) is 0 Å². The summed E-state index contributed by atoms with van der Waals surface area (Å²) in [5.74, 6) is 0.406. The maximum atomic E-state index is 11.7. The molecule has 5 rings (SSSR count). The second-order valence-corrected chi connectivity index (χ2v) is 10.9. The molecule has 1 aliphatic rings. The Hall–Kier alpha value is -3.93. The maximum absolute atomic E-state index is 11.7. The van der Waals surface area contributed by atoms with Crippen molar-refractivity contribution in [2.24, 2.45) is 4.99 Å². The monoisotopic (exact) mass is 484 g/mol. The number of hydrogen-bond donors (Lipinski definition) is 2. The van der Waals surface area contributed by atoms with Gasteiger partial charge in [0.25, 0.3) is 0 Å². The second-order valence-electron chi connectivity index (χ2n) is 8.64. The van der Waals surface area contributed by atoms with Crippen molar-refractivity contribution in [3.05, 3.63) is 95.1 Å². The van der Waals surface area contributed by atoms with Crippen molar-refractivity contribution in [1.82, 2.24) is 9.88 Å². The predicted octanol–water partition coefficient (Wildman–Crippen LogP) is 4.14. The molecule has 1 aromatic heterocycles. The minimum Gasteiger partial charge on any atom is -0.494 e. The topological polar surface area (TPSA) is 110 Å². The molecule has 0 saturated carbocycles. The smallest absolute Gasteiger partial charge is 0.199 e. The molecule has 1 aliphatic heterocycles. The fourth-order valence-corrected chi connectivity index (χ4v) is 5.60. The Kier molecular flexibility index (Phi) is 6.12. The van der Waals surface area contributed by atoms with Crippen molar-refractivity contribution < 1.29 is 13.5 Å². The summed E-state index contributed by atoms with van der Waals surface area (Å²) in [6.45, 7) is 1.78. The fraction of sp³-hybridized carbons (Fsp3) is 0.185. The number of aromatic amines is 1. The van der Waals surface area contributed by atoms with E-state index < -0.39 is 9.84 Å². The van der Waals surface area contributed by atoms with Crippen LogP contribution in [0.3, 0.4) is 0 Å². The fourth-order valence-electron chi connectivity index (χ4n) is 4.32. The molecular weight excluding hydrogens is 460 g/mol. The predicted molar refractivity (Wildman–Crippen MR) is 137 cm³/mol. The molecule has 2 heterocycles. The van der Waals surface area contributed by atoms with Crippen LogP contribution < -0.4 is 0 Å². The van der Waals surface area contributed by atoms with E-state index in [0.717, 1.165) is 27.7 Å². The van der Waals surface area contributed by atoms with Gasteiger partial charge in [-0.15, -0.1) is 0 Å². The van der Waals surface area contributed by atoms with Gasteiger partial charge < -0.3 is 10.1 Å². The lowest BCUT2D eigenvalue weighted by Crippen LogP contribution is -2.39. The summed E-state index contributed by atoms with van der Waals surface area (Å²) in [6.07, 6.45) is 0. The summed E-state index contributed by atoms with van der Waals surface area (Å²) >= 11 is 0. The molecule has 176 valence electrons. The van der Waals surface area contributed by atoms with Gasteiger partial charge >= 0.3 is 0 Å². The highest BCUT2D eigenvalue weighted by atomic mass is 32.2. The lowest BCUT2D eigenvalue weighted by molar-refractivity contribution is 0.287. The SMILES string of the molecule is N#Cc1ccc2[nH]c(O)c(C(=Nc3ccc(CN4CCS(=O)(=O)CC4)cc3)c3ccccc3)c2c1. The highest BCUT2D eigenvalue weighted by Crippen LogP contribution is 2.32. The van der Waals surface area contributed by atoms with Gasteiger partial charge in [0.1, 0.15) is 0 Å². The summed E-state index contributed by atoms with van der Waals surface area (Å²) < 4.78 is 23.3. The number of nitrogens with one attached hydrogen (secondary N) is 1. The normalized spacial score (nSPS) is 16.3. The summed E-state index contributed by atoms with van der Waals surface area (Å²) in [5, 5.41) is 20.9. The van der Waals surface area contributed by atoms with Gasteiger partial charge in [-0.3, -0.25) is 4.90 Å². The van der Waals surface area contributed by atoms with Crippen molar-refractivity contribution in [1.29, 1.82) is 5.26 Å². The van der Waals surface area contributed by atoms with Crippen LogP contribution in [0.5, 0.6) is 5.88 Å². The number of benzene rings is 3. The third-order valence-electron chi connectivity index (χ3n) is 6.21. The van der Waals surface area contributed by atoms with Crippen molar-refractivity contribution >= 4 is 32.1 Å². The molecule has 35 heavy (non-hydrogen) atoms. The average Bonchev–Trinajstić information content (AvgIpc) is 3.20. The third kappa shape index (κ3) is 4.97. The number of aromatic nitrogens is 1. The van der Waals surface area contributed by atoms with Gasteiger partial charge in [0, 0.05) is 36.1 Å². The van der Waals surface area contributed by atoms with Crippen LogP contribution in [0, 0.1) is 11.3 Å². The van der Waals surface area contributed by atoms with Gasteiger partial charge in [0.05, 0.1) is 40.1 Å². The van der Waals surface area contributed by atoms with Crippen LogP contribution >= 0.6 is 0 Å². The molecule has 0 radical (unpaired) electrons. The molecule has 7 nitrogen and oxygen atoms in total. The van der Waals surface area contributed by atoms with Crippen LogP contribution in [0.25, 0.3) is 10.9 Å². The lowest BCUT2D eigenvalue weighted by Gasteiger charge is -2.26. The molecule has 8 heteroatoms. The van der Waals surface area contributed by atoms with Gasteiger partial charge in [-0.25, -0.2) is 13.4 Å².